The van der Waals surface area contributed by atoms with Gasteiger partial charge in [0.05, 0.1) is 27.5 Å². The molecule has 6 aromatic carbocycles. The fraction of sp³-hybridized carbons (Fsp3) is 0.0698. The summed E-state index contributed by atoms with van der Waals surface area (Å²) in [5.74, 6) is -0.133. The van der Waals surface area contributed by atoms with Crippen molar-refractivity contribution in [3.63, 3.8) is 0 Å². The third-order valence-corrected chi connectivity index (χ3v) is 9.41. The van der Waals surface area contributed by atoms with Gasteiger partial charge in [0.25, 0.3) is 11.4 Å². The maximum Gasteiger partial charge on any atom is 0.276 e. The van der Waals surface area contributed by atoms with Crippen LogP contribution in [0, 0.1) is 20.2 Å². The van der Waals surface area contributed by atoms with E-state index in [9.17, 15) is 40.7 Å². The van der Waals surface area contributed by atoms with Crippen molar-refractivity contribution in [1.29, 1.82) is 0 Å². The number of nitrogens with zero attached hydrogens (tertiary/aromatic N) is 6. The first-order valence-electron chi connectivity index (χ1n) is 17.7. The van der Waals surface area contributed by atoms with Crippen LogP contribution < -0.4 is 0 Å². The number of nitro benzene ring substituents is 2. The molecule has 4 N–H and O–H groups in total. The maximum absolute atomic E-state index is 11.5. The zero-order chi connectivity index (χ0) is 44.1. The van der Waals surface area contributed by atoms with Gasteiger partial charge in [0.2, 0.25) is 0 Å². The van der Waals surface area contributed by atoms with Crippen molar-refractivity contribution in [1.82, 2.24) is 0 Å². The number of phenols is 4. The summed E-state index contributed by atoms with van der Waals surface area (Å²) in [6, 6.07) is 29.5. The second kappa shape index (κ2) is 24.7. The zero-order valence-corrected chi connectivity index (χ0v) is 36.8. The number of para-hydroxylation sites is 2. The van der Waals surface area contributed by atoms with E-state index >= 15 is 0 Å². The fourth-order valence-corrected chi connectivity index (χ4v) is 6.19. The van der Waals surface area contributed by atoms with E-state index in [4.69, 9.17) is 46.4 Å². The van der Waals surface area contributed by atoms with Gasteiger partial charge in [-0.1, -0.05) is 70.7 Å². The van der Waals surface area contributed by atoms with Gasteiger partial charge in [-0.3, -0.25) is 40.2 Å². The minimum absolute atomic E-state index is 0. The molecule has 0 aromatic heterocycles. The van der Waals surface area contributed by atoms with E-state index in [0.29, 0.717) is 47.9 Å². The predicted molar refractivity (Wildman–Crippen MR) is 239 cm³/mol. The second-order valence-electron chi connectivity index (χ2n) is 12.7. The molecule has 0 aliphatic rings. The van der Waals surface area contributed by atoms with E-state index in [-0.39, 0.29) is 80.6 Å². The Morgan fingerprint density at radius 1 is 0.492 bits per heavy atom. The van der Waals surface area contributed by atoms with E-state index in [1.165, 1.54) is 110 Å². The first kappa shape index (κ1) is 51.5. The van der Waals surface area contributed by atoms with Gasteiger partial charge in [0.1, 0.15) is 29.0 Å². The molecule has 0 fully saturated rings. The predicted octanol–water partition coefficient (Wildman–Crippen LogP) is 11.1. The largest absolute Gasteiger partial charge is 0.507 e. The van der Waals surface area contributed by atoms with Gasteiger partial charge in [-0.15, -0.1) is 0 Å². The number of halogens is 4. The van der Waals surface area contributed by atoms with Crippen molar-refractivity contribution in [2.45, 2.75) is 12.2 Å². The molecule has 14 nitrogen and oxygen atoms in total. The zero-order valence-electron chi connectivity index (χ0n) is 31.9. The van der Waals surface area contributed by atoms with Gasteiger partial charge in [-0.05, 0) is 84.9 Å². The Labute approximate surface area is 401 Å². The van der Waals surface area contributed by atoms with Gasteiger partial charge in [-0.25, -0.2) is 0 Å². The first-order chi connectivity index (χ1) is 29.2. The average molecular weight is 1030 g/mol. The molecule has 0 bridgehead atoms. The van der Waals surface area contributed by atoms with Crippen molar-refractivity contribution in [2.24, 2.45) is 20.0 Å². The Morgan fingerprint density at radius 3 is 1.22 bits per heavy atom. The summed E-state index contributed by atoms with van der Waals surface area (Å²) in [6.07, 6.45) is 4.46. The number of hydrogen-bond acceptors (Lipinski definition) is 12. The molecule has 63 heavy (non-hydrogen) atoms. The van der Waals surface area contributed by atoms with E-state index in [0.717, 1.165) is 0 Å². The number of nitro groups is 2. The van der Waals surface area contributed by atoms with Crippen LogP contribution in [0.15, 0.2) is 141 Å². The molecule has 6 rings (SSSR count). The van der Waals surface area contributed by atoms with Crippen molar-refractivity contribution in [3.8, 4) is 23.0 Å². The average Bonchev–Trinajstić information content (AvgIpc) is 3.24. The molecule has 6 aromatic rings. The number of phenolic OH excluding ortho intramolecular Hbond substituents is 4. The molecule has 0 aliphatic carbocycles. The number of hydrogen-bond donors (Lipinski definition) is 4. The number of rotatable bonds is 13. The molecule has 0 spiro atoms. The van der Waals surface area contributed by atoms with Crippen LogP contribution in [-0.4, -0.2) is 61.7 Å². The second-order valence-corrected chi connectivity index (χ2v) is 14.4. The van der Waals surface area contributed by atoms with Crippen molar-refractivity contribution in [2.75, 3.05) is 6.54 Å². The molecule has 20 heteroatoms. The Morgan fingerprint density at radius 2 is 0.825 bits per heavy atom. The third kappa shape index (κ3) is 14.9. The van der Waals surface area contributed by atoms with E-state index in [2.05, 4.69) is 20.0 Å². The first-order valence-corrected chi connectivity index (χ1v) is 19.2. The van der Waals surface area contributed by atoms with Crippen LogP contribution in [0.4, 0.5) is 11.4 Å². The number of aromatic hydroxyl groups is 4. The summed E-state index contributed by atoms with van der Waals surface area (Å²) in [7, 11) is 0. The molecule has 1 atom stereocenters. The molecule has 2 radical (unpaired) electrons. The van der Waals surface area contributed by atoms with Gasteiger partial charge >= 0.3 is 0 Å². The molecule has 0 saturated heterocycles. The van der Waals surface area contributed by atoms with Gasteiger partial charge in [0.15, 0.2) is 6.17 Å². The standard InChI is InChI=1S/C22H17Cl2N3O4.C21H15Cl2N3O4.2Cu/c23-16-5-7-21(28)14(9-16)11-25-13-19(18-3-1-2-4-20(18)27(30)31)26-12-15-10-17(24)6-8-22(15)29;22-15-5-7-19(27)13(9-15)11-24-21(17-3-1-2-4-18(17)26(29)30)25-12-14-10-16(23)6-8-20(14)28;;/h1-12,19,28-29H,13H2;1-12,21,27-28H;;/b;24-11+,25-12+;;/t19-;;;/m0.../s1. The molecular weight excluding hydrogens is 997 g/mol. The molecule has 332 valence electrons. The normalized spacial score (nSPS) is 11.6. The quantitative estimate of drug-likeness (QED) is 0.0377. The maximum atomic E-state index is 11.5. The summed E-state index contributed by atoms with van der Waals surface area (Å²) < 4.78 is 0. The smallest absolute Gasteiger partial charge is 0.276 e. The monoisotopic (exact) mass is 1030 g/mol. The minimum Gasteiger partial charge on any atom is -0.507 e. The SMILES string of the molecule is O=[N+]([O-])c1ccccc1C(/N=C/c1cc(Cl)ccc1O)/N=C/c1cc(Cl)ccc1O.O=[N+]([O-])c1ccccc1[C@H](CN=Cc1cc(Cl)ccc1O)N=Cc1cc(Cl)ccc1O.[Cu].[Cu]. The summed E-state index contributed by atoms with van der Waals surface area (Å²) >= 11 is 23.8. The van der Waals surface area contributed by atoms with Crippen molar-refractivity contribution >= 4 is 82.6 Å². The Hall–Kier alpha value is -5.80. The van der Waals surface area contributed by atoms with E-state index < -0.39 is 22.1 Å². The van der Waals surface area contributed by atoms with Crippen LogP contribution in [-0.2, 0) is 34.1 Å². The van der Waals surface area contributed by atoms with Gasteiger partial charge < -0.3 is 20.4 Å². The molecule has 0 amide bonds. The summed E-state index contributed by atoms with van der Waals surface area (Å²) in [5, 5.41) is 64.5. The number of aliphatic imine (C=N–C) groups is 4. The van der Waals surface area contributed by atoms with Crippen LogP contribution in [0.3, 0.4) is 0 Å². The minimum atomic E-state index is -1.02. The van der Waals surface area contributed by atoms with Gasteiger partial charge in [0, 0.05) is 113 Å². The molecule has 0 unspecified atom stereocenters. The third-order valence-electron chi connectivity index (χ3n) is 8.47. The Balaban J connectivity index is 0.000000325. The molecular formula is C43H32Cl4Cu2N6O8. The fourth-order valence-electron chi connectivity index (χ4n) is 5.47. The Bertz CT molecular complexity index is 2630. The van der Waals surface area contributed by atoms with Crippen molar-refractivity contribution < 1.29 is 64.4 Å². The molecule has 0 saturated carbocycles. The van der Waals surface area contributed by atoms with E-state index in [1.54, 1.807) is 36.4 Å². The van der Waals surface area contributed by atoms with Crippen LogP contribution in [0.2, 0.25) is 20.1 Å². The van der Waals surface area contributed by atoms with Gasteiger partial charge in [-0.2, -0.15) is 0 Å². The molecule has 0 heterocycles. The van der Waals surface area contributed by atoms with Crippen LogP contribution in [0.25, 0.3) is 0 Å². The summed E-state index contributed by atoms with van der Waals surface area (Å²) in [5.41, 5.74) is 1.76. The van der Waals surface area contributed by atoms with Crippen LogP contribution in [0.5, 0.6) is 23.0 Å². The van der Waals surface area contributed by atoms with Crippen molar-refractivity contribution in [3.05, 3.63) is 195 Å². The summed E-state index contributed by atoms with van der Waals surface area (Å²) in [6.45, 7) is 0.0502. The molecule has 0 aliphatic heterocycles. The number of benzene rings is 6. The van der Waals surface area contributed by atoms with E-state index in [1.807, 2.05) is 0 Å². The van der Waals surface area contributed by atoms with Crippen LogP contribution >= 0.6 is 46.4 Å². The van der Waals surface area contributed by atoms with Crippen LogP contribution in [0.1, 0.15) is 45.6 Å². The summed E-state index contributed by atoms with van der Waals surface area (Å²) in [4.78, 5) is 39.3. The Kier molecular flexibility index (Phi) is 20.2. The topological polar surface area (TPSA) is 217 Å².